The molecule has 0 aliphatic carbocycles. The van der Waals surface area contributed by atoms with Crippen molar-refractivity contribution in [2.45, 2.75) is 40.0 Å². The van der Waals surface area contributed by atoms with E-state index in [9.17, 15) is 8.42 Å². The van der Waals surface area contributed by atoms with E-state index in [1.807, 2.05) is 0 Å². The van der Waals surface area contributed by atoms with E-state index < -0.39 is 10.7 Å². The second-order valence-electron chi connectivity index (χ2n) is 4.07. The minimum absolute atomic E-state index is 0.342. The molecule has 0 radical (unpaired) electrons. The van der Waals surface area contributed by atoms with Gasteiger partial charge in [-0.15, -0.1) is 0 Å². The van der Waals surface area contributed by atoms with Gasteiger partial charge < -0.3 is 0 Å². The summed E-state index contributed by atoms with van der Waals surface area (Å²) in [6.45, 7) is 6.51. The largest absolute Gasteiger partial charge is 0.232 e. The summed E-state index contributed by atoms with van der Waals surface area (Å²) >= 11 is 0. The summed E-state index contributed by atoms with van der Waals surface area (Å²) < 4.78 is 20.3. The second-order valence-corrected chi connectivity index (χ2v) is 5.19. The summed E-state index contributed by atoms with van der Waals surface area (Å²) in [6.07, 6.45) is 2.94. The average molecular weight is 178 g/mol. The summed E-state index contributed by atoms with van der Waals surface area (Å²) in [5.74, 6) is 0.353. The van der Waals surface area contributed by atoms with Crippen LogP contribution in [0.4, 0.5) is 0 Å². The molecule has 0 amide bonds. The normalized spacial score (nSPS) is 12.4. The van der Waals surface area contributed by atoms with Crippen LogP contribution < -0.4 is 0 Å². The molecule has 0 aliphatic heterocycles. The molecule has 0 aromatic carbocycles. The van der Waals surface area contributed by atoms with Crippen LogP contribution in [-0.4, -0.2) is 14.2 Å². The van der Waals surface area contributed by atoms with E-state index >= 15 is 0 Å². The molecule has 0 saturated carbocycles. The van der Waals surface area contributed by atoms with Gasteiger partial charge in [0, 0.05) is 5.75 Å². The molecular formula is C8H18O2S. The van der Waals surface area contributed by atoms with Crippen LogP contribution in [0.25, 0.3) is 0 Å². The summed E-state index contributed by atoms with van der Waals surface area (Å²) in [4.78, 5) is 0. The highest BCUT2D eigenvalue weighted by Crippen LogP contribution is 2.21. The van der Waals surface area contributed by atoms with Crippen molar-refractivity contribution in [1.29, 1.82) is 0 Å². The molecular weight excluding hydrogens is 160 g/mol. The molecule has 0 unspecified atom stereocenters. The molecule has 0 spiro atoms. The zero-order valence-electron chi connectivity index (χ0n) is 7.59. The van der Waals surface area contributed by atoms with Crippen molar-refractivity contribution in [3.8, 4) is 0 Å². The van der Waals surface area contributed by atoms with Gasteiger partial charge in [-0.25, -0.2) is 8.42 Å². The Morgan fingerprint density at radius 2 is 1.64 bits per heavy atom. The molecule has 2 nitrogen and oxygen atoms in total. The predicted octanol–water partition coefficient (Wildman–Crippen LogP) is 1.81. The van der Waals surface area contributed by atoms with E-state index in [-0.39, 0.29) is 0 Å². The van der Waals surface area contributed by atoms with E-state index in [1.165, 1.54) is 0 Å². The predicted molar refractivity (Wildman–Crippen MR) is 48.5 cm³/mol. The van der Waals surface area contributed by atoms with Crippen molar-refractivity contribution in [3.05, 3.63) is 0 Å². The van der Waals surface area contributed by atoms with Gasteiger partial charge in [0.15, 0.2) is 0 Å². The lowest BCUT2D eigenvalue weighted by atomic mass is 9.90. The van der Waals surface area contributed by atoms with E-state index in [0.717, 1.165) is 19.3 Å². The average Bonchev–Trinajstić information content (AvgIpc) is 1.78. The first kappa shape index (κ1) is 11.0. The smallest absolute Gasteiger partial charge is 0.140 e. The summed E-state index contributed by atoms with van der Waals surface area (Å²) in [5, 5.41) is 0. The van der Waals surface area contributed by atoms with Gasteiger partial charge >= 0.3 is 0 Å². The Bertz CT molecular complexity index is 157. The van der Waals surface area contributed by atoms with Crippen molar-refractivity contribution in [1.82, 2.24) is 0 Å². The topological polar surface area (TPSA) is 34.1 Å². The fraction of sp³-hybridized carbons (Fsp3) is 1.00. The number of hydrogen-bond acceptors (Lipinski definition) is 2. The zero-order valence-corrected chi connectivity index (χ0v) is 8.49. The lowest BCUT2D eigenvalue weighted by Crippen LogP contribution is -2.04. The van der Waals surface area contributed by atoms with Gasteiger partial charge in [0.1, 0.15) is 10.7 Å². The van der Waals surface area contributed by atoms with Crippen molar-refractivity contribution in [2.75, 3.05) is 5.75 Å². The SMILES string of the molecule is CC(C)(C)CCCC[SH](=O)=O. The van der Waals surface area contributed by atoms with Crippen LogP contribution in [0.2, 0.25) is 0 Å². The van der Waals surface area contributed by atoms with Crippen LogP contribution in [-0.2, 0) is 10.7 Å². The molecule has 0 rings (SSSR count). The Balaban J connectivity index is 3.29. The molecule has 68 valence electrons. The van der Waals surface area contributed by atoms with E-state index in [2.05, 4.69) is 20.8 Å². The highest BCUT2D eigenvalue weighted by atomic mass is 32.2. The van der Waals surface area contributed by atoms with E-state index in [0.29, 0.717) is 11.2 Å². The van der Waals surface area contributed by atoms with Gasteiger partial charge in [-0.05, 0) is 18.3 Å². The third-order valence-electron chi connectivity index (χ3n) is 1.52. The molecule has 0 saturated heterocycles. The Hall–Kier alpha value is -0.0500. The second kappa shape index (κ2) is 4.75. The molecule has 0 heterocycles. The third-order valence-corrected chi connectivity index (χ3v) is 2.20. The first-order chi connectivity index (χ1) is 4.92. The molecule has 0 fully saturated rings. The van der Waals surface area contributed by atoms with Gasteiger partial charge in [-0.3, -0.25) is 0 Å². The first-order valence-corrected chi connectivity index (χ1v) is 5.40. The molecule has 0 aliphatic rings. The number of thiol groups is 1. The van der Waals surface area contributed by atoms with Gasteiger partial charge in [0.25, 0.3) is 0 Å². The summed E-state index contributed by atoms with van der Waals surface area (Å²) in [7, 11) is -2.15. The van der Waals surface area contributed by atoms with Gasteiger partial charge in [0.2, 0.25) is 0 Å². The number of rotatable bonds is 4. The van der Waals surface area contributed by atoms with E-state index in [4.69, 9.17) is 0 Å². The standard InChI is InChI=1S/C8H18O2S/c1-8(2,3)6-4-5-7-11(9)10/h11H,4-7H2,1-3H3. The lowest BCUT2D eigenvalue weighted by Gasteiger charge is -2.16. The van der Waals surface area contributed by atoms with Crippen molar-refractivity contribution >= 4 is 10.7 Å². The molecule has 0 aromatic rings. The van der Waals surface area contributed by atoms with Crippen LogP contribution in [0.15, 0.2) is 0 Å². The molecule has 0 N–H and O–H groups in total. The maximum atomic E-state index is 10.2. The molecule has 0 aromatic heterocycles. The highest BCUT2D eigenvalue weighted by Gasteiger charge is 2.08. The van der Waals surface area contributed by atoms with Gasteiger partial charge in [-0.1, -0.05) is 27.2 Å². The molecule has 0 bridgehead atoms. The number of unbranched alkanes of at least 4 members (excludes halogenated alkanes) is 1. The Labute approximate surface area is 71.0 Å². The van der Waals surface area contributed by atoms with Crippen molar-refractivity contribution in [3.63, 3.8) is 0 Å². The summed E-state index contributed by atoms with van der Waals surface area (Å²) in [6, 6.07) is 0. The van der Waals surface area contributed by atoms with E-state index in [1.54, 1.807) is 0 Å². The Kier molecular flexibility index (Phi) is 4.73. The lowest BCUT2D eigenvalue weighted by molar-refractivity contribution is 0.364. The molecule has 0 atom stereocenters. The van der Waals surface area contributed by atoms with Crippen LogP contribution in [0, 0.1) is 5.41 Å². The van der Waals surface area contributed by atoms with Crippen LogP contribution >= 0.6 is 0 Å². The fourth-order valence-electron chi connectivity index (χ4n) is 0.896. The Morgan fingerprint density at radius 1 is 1.09 bits per heavy atom. The van der Waals surface area contributed by atoms with Gasteiger partial charge in [-0.2, -0.15) is 0 Å². The fourth-order valence-corrected chi connectivity index (χ4v) is 1.38. The van der Waals surface area contributed by atoms with Crippen LogP contribution in [0.3, 0.4) is 0 Å². The first-order valence-electron chi connectivity index (χ1n) is 4.03. The monoisotopic (exact) mass is 178 g/mol. The van der Waals surface area contributed by atoms with Gasteiger partial charge in [0.05, 0.1) is 0 Å². The minimum atomic E-state index is -2.15. The highest BCUT2D eigenvalue weighted by molar-refractivity contribution is 7.72. The Morgan fingerprint density at radius 3 is 2.00 bits per heavy atom. The van der Waals surface area contributed by atoms with Crippen molar-refractivity contribution in [2.24, 2.45) is 5.41 Å². The van der Waals surface area contributed by atoms with Crippen molar-refractivity contribution < 1.29 is 8.42 Å². The minimum Gasteiger partial charge on any atom is -0.232 e. The van der Waals surface area contributed by atoms with Crippen LogP contribution in [0.5, 0.6) is 0 Å². The third kappa shape index (κ3) is 9.95. The maximum absolute atomic E-state index is 10.2. The quantitative estimate of drug-likeness (QED) is 0.526. The zero-order chi connectivity index (χ0) is 8.91. The maximum Gasteiger partial charge on any atom is 0.140 e. The number of hydrogen-bond donors (Lipinski definition) is 1. The summed E-state index contributed by atoms with van der Waals surface area (Å²) in [5.41, 5.74) is 0.342. The molecule has 3 heteroatoms. The molecule has 11 heavy (non-hydrogen) atoms. The van der Waals surface area contributed by atoms with Crippen LogP contribution in [0.1, 0.15) is 40.0 Å².